The Morgan fingerprint density at radius 3 is 2.38 bits per heavy atom. The van der Waals surface area contributed by atoms with E-state index in [0.717, 1.165) is 31.6 Å². The summed E-state index contributed by atoms with van der Waals surface area (Å²) in [5, 5.41) is 0. The zero-order chi connectivity index (χ0) is 10.1. The zero-order valence-electron chi connectivity index (χ0n) is 9.44. The van der Waals surface area contributed by atoms with Gasteiger partial charge in [0, 0.05) is 12.8 Å². The molecule has 0 amide bonds. The van der Waals surface area contributed by atoms with Crippen LogP contribution in [-0.2, 0) is 4.79 Å². The van der Waals surface area contributed by atoms with E-state index in [-0.39, 0.29) is 0 Å². The van der Waals surface area contributed by atoms with Gasteiger partial charge < -0.3 is 0 Å². The summed E-state index contributed by atoms with van der Waals surface area (Å²) in [6, 6.07) is 0. The van der Waals surface area contributed by atoms with Crippen LogP contribution < -0.4 is 0 Å². The highest BCUT2D eigenvalue weighted by Crippen LogP contribution is 2.11. The Morgan fingerprint density at radius 2 is 1.85 bits per heavy atom. The SMILES string of the molecule is CCCCCC(=O)CC[C@@H](C)CC. The molecule has 0 N–H and O–H groups in total. The molecule has 0 rings (SSSR count). The quantitative estimate of drug-likeness (QED) is 0.522. The van der Waals surface area contributed by atoms with Crippen LogP contribution in [0.1, 0.15) is 65.7 Å². The van der Waals surface area contributed by atoms with Gasteiger partial charge in [0.05, 0.1) is 0 Å². The van der Waals surface area contributed by atoms with Crippen molar-refractivity contribution < 1.29 is 4.79 Å². The maximum Gasteiger partial charge on any atom is 0.132 e. The third-order valence-electron chi connectivity index (χ3n) is 2.67. The molecule has 0 saturated carbocycles. The van der Waals surface area contributed by atoms with Crippen molar-refractivity contribution in [3.63, 3.8) is 0 Å². The predicted octanol–water partition coefficient (Wildman–Crippen LogP) is 3.96. The number of Topliss-reactive ketones (excluding diaryl/α,β-unsaturated/α-hetero) is 1. The van der Waals surface area contributed by atoms with Crippen LogP contribution in [0.3, 0.4) is 0 Å². The van der Waals surface area contributed by atoms with E-state index in [9.17, 15) is 4.79 Å². The van der Waals surface area contributed by atoms with Crippen LogP contribution in [0.2, 0.25) is 0 Å². The van der Waals surface area contributed by atoms with Crippen molar-refractivity contribution >= 4 is 5.78 Å². The molecular formula is C12H24O. The molecule has 78 valence electrons. The van der Waals surface area contributed by atoms with Gasteiger partial charge in [-0.05, 0) is 18.8 Å². The van der Waals surface area contributed by atoms with Gasteiger partial charge in [-0.3, -0.25) is 4.79 Å². The van der Waals surface area contributed by atoms with Gasteiger partial charge in [-0.1, -0.05) is 40.0 Å². The largest absolute Gasteiger partial charge is 0.300 e. The van der Waals surface area contributed by atoms with E-state index >= 15 is 0 Å². The third kappa shape index (κ3) is 8.01. The molecule has 0 aromatic heterocycles. The average molecular weight is 184 g/mol. The van der Waals surface area contributed by atoms with Crippen LogP contribution in [-0.4, -0.2) is 5.78 Å². The lowest BCUT2D eigenvalue weighted by atomic mass is 9.99. The summed E-state index contributed by atoms with van der Waals surface area (Å²) in [4.78, 5) is 11.3. The summed E-state index contributed by atoms with van der Waals surface area (Å²) >= 11 is 0. The highest BCUT2D eigenvalue weighted by Gasteiger charge is 2.04. The van der Waals surface area contributed by atoms with E-state index < -0.39 is 0 Å². The Hall–Kier alpha value is -0.330. The van der Waals surface area contributed by atoms with E-state index in [4.69, 9.17) is 0 Å². The first-order chi connectivity index (χ1) is 6.20. The number of carbonyl (C=O) groups excluding carboxylic acids is 1. The lowest BCUT2D eigenvalue weighted by molar-refractivity contribution is -0.119. The number of carbonyl (C=O) groups is 1. The second-order valence-electron chi connectivity index (χ2n) is 4.05. The van der Waals surface area contributed by atoms with E-state index in [1.54, 1.807) is 0 Å². The van der Waals surface area contributed by atoms with Crippen molar-refractivity contribution in [3.05, 3.63) is 0 Å². The van der Waals surface area contributed by atoms with E-state index in [0.29, 0.717) is 5.78 Å². The Labute approximate surface area is 82.9 Å². The first-order valence-corrected chi connectivity index (χ1v) is 5.72. The van der Waals surface area contributed by atoms with Crippen LogP contribution in [0.15, 0.2) is 0 Å². The second kappa shape index (κ2) is 8.28. The molecule has 0 unspecified atom stereocenters. The summed E-state index contributed by atoms with van der Waals surface area (Å²) in [6.07, 6.45) is 7.40. The molecule has 1 nitrogen and oxygen atoms in total. The first-order valence-electron chi connectivity index (χ1n) is 5.72. The Kier molecular flexibility index (Phi) is 8.07. The standard InChI is InChI=1S/C12H24O/c1-4-6-7-8-12(13)10-9-11(3)5-2/h11H,4-10H2,1-3H3/t11-/m0/s1. The molecule has 0 aromatic rings. The van der Waals surface area contributed by atoms with Crippen LogP contribution in [0.5, 0.6) is 0 Å². The van der Waals surface area contributed by atoms with Crippen LogP contribution >= 0.6 is 0 Å². The Bertz CT molecular complexity index is 129. The number of hydrogen-bond acceptors (Lipinski definition) is 1. The maximum absolute atomic E-state index is 11.3. The van der Waals surface area contributed by atoms with Gasteiger partial charge in [-0.15, -0.1) is 0 Å². The van der Waals surface area contributed by atoms with Gasteiger partial charge in [0.15, 0.2) is 0 Å². The topological polar surface area (TPSA) is 17.1 Å². The van der Waals surface area contributed by atoms with Crippen molar-refractivity contribution in [1.29, 1.82) is 0 Å². The average Bonchev–Trinajstić information content (AvgIpc) is 2.14. The summed E-state index contributed by atoms with van der Waals surface area (Å²) in [7, 11) is 0. The van der Waals surface area contributed by atoms with E-state index in [1.807, 2.05) is 0 Å². The Balaban J connectivity index is 3.30. The summed E-state index contributed by atoms with van der Waals surface area (Å²) < 4.78 is 0. The minimum atomic E-state index is 0.466. The molecule has 1 atom stereocenters. The molecule has 0 aliphatic heterocycles. The van der Waals surface area contributed by atoms with Crippen molar-refractivity contribution in [3.8, 4) is 0 Å². The van der Waals surface area contributed by atoms with Crippen molar-refractivity contribution in [2.75, 3.05) is 0 Å². The molecule has 1 heteroatoms. The highest BCUT2D eigenvalue weighted by atomic mass is 16.1. The fourth-order valence-electron chi connectivity index (χ4n) is 1.31. The molecule has 0 radical (unpaired) electrons. The number of hydrogen-bond donors (Lipinski definition) is 0. The number of rotatable bonds is 8. The zero-order valence-corrected chi connectivity index (χ0v) is 9.44. The van der Waals surface area contributed by atoms with Gasteiger partial charge in [0.2, 0.25) is 0 Å². The molecule has 0 aromatic carbocycles. The molecule has 0 bridgehead atoms. The van der Waals surface area contributed by atoms with Crippen molar-refractivity contribution in [2.24, 2.45) is 5.92 Å². The molecule has 0 saturated heterocycles. The molecule has 13 heavy (non-hydrogen) atoms. The van der Waals surface area contributed by atoms with Gasteiger partial charge in [-0.2, -0.15) is 0 Å². The van der Waals surface area contributed by atoms with Crippen molar-refractivity contribution in [1.82, 2.24) is 0 Å². The van der Waals surface area contributed by atoms with Gasteiger partial charge in [0.25, 0.3) is 0 Å². The van der Waals surface area contributed by atoms with Gasteiger partial charge in [0.1, 0.15) is 5.78 Å². The summed E-state index contributed by atoms with van der Waals surface area (Å²) in [6.45, 7) is 6.58. The molecular weight excluding hydrogens is 160 g/mol. The van der Waals surface area contributed by atoms with E-state index in [1.165, 1.54) is 19.3 Å². The van der Waals surface area contributed by atoms with Crippen LogP contribution in [0, 0.1) is 5.92 Å². The third-order valence-corrected chi connectivity index (χ3v) is 2.67. The molecule has 0 fully saturated rings. The minimum Gasteiger partial charge on any atom is -0.300 e. The van der Waals surface area contributed by atoms with Crippen LogP contribution in [0.25, 0.3) is 0 Å². The predicted molar refractivity (Wildman–Crippen MR) is 57.8 cm³/mol. The first kappa shape index (κ1) is 12.7. The molecule has 0 aliphatic rings. The fourth-order valence-corrected chi connectivity index (χ4v) is 1.31. The van der Waals surface area contributed by atoms with Crippen LogP contribution in [0.4, 0.5) is 0 Å². The maximum atomic E-state index is 11.3. The molecule has 0 spiro atoms. The molecule has 0 aliphatic carbocycles. The van der Waals surface area contributed by atoms with Gasteiger partial charge in [-0.25, -0.2) is 0 Å². The number of ketones is 1. The monoisotopic (exact) mass is 184 g/mol. The number of unbranched alkanes of at least 4 members (excludes halogenated alkanes) is 2. The minimum absolute atomic E-state index is 0.466. The fraction of sp³-hybridized carbons (Fsp3) is 0.917. The van der Waals surface area contributed by atoms with Gasteiger partial charge >= 0.3 is 0 Å². The van der Waals surface area contributed by atoms with E-state index in [2.05, 4.69) is 20.8 Å². The lowest BCUT2D eigenvalue weighted by Gasteiger charge is -2.06. The summed E-state index contributed by atoms with van der Waals surface area (Å²) in [5.74, 6) is 1.18. The lowest BCUT2D eigenvalue weighted by Crippen LogP contribution is -2.01. The normalized spacial score (nSPS) is 12.8. The second-order valence-corrected chi connectivity index (χ2v) is 4.05. The Morgan fingerprint density at radius 1 is 1.15 bits per heavy atom. The highest BCUT2D eigenvalue weighted by molar-refractivity contribution is 5.78. The summed E-state index contributed by atoms with van der Waals surface area (Å²) in [5.41, 5.74) is 0. The smallest absolute Gasteiger partial charge is 0.132 e. The van der Waals surface area contributed by atoms with Crippen molar-refractivity contribution in [2.45, 2.75) is 65.7 Å². The molecule has 0 heterocycles.